The second-order valence-electron chi connectivity index (χ2n) is 5.00. The van der Waals surface area contributed by atoms with Crippen molar-refractivity contribution in [2.75, 3.05) is 26.9 Å². The van der Waals surface area contributed by atoms with Crippen LogP contribution >= 0.6 is 0 Å². The van der Waals surface area contributed by atoms with E-state index in [0.717, 1.165) is 45.4 Å². The van der Waals surface area contributed by atoms with Crippen LogP contribution in [0.2, 0.25) is 0 Å². The molecule has 0 spiro atoms. The lowest BCUT2D eigenvalue weighted by Crippen LogP contribution is -2.45. The number of ether oxygens (including phenoxy) is 2. The summed E-state index contributed by atoms with van der Waals surface area (Å²) < 4.78 is 10.9. The molecule has 2 unspecified atom stereocenters. The smallest absolute Gasteiger partial charge is 0.0666 e. The van der Waals surface area contributed by atoms with Gasteiger partial charge in [0.2, 0.25) is 0 Å². The fraction of sp³-hybridized carbons (Fsp3) is 1.00. The maximum Gasteiger partial charge on any atom is 0.0666 e. The molecule has 3 nitrogen and oxygen atoms in total. The van der Waals surface area contributed by atoms with Gasteiger partial charge in [0, 0.05) is 26.4 Å². The average Bonchev–Trinajstić information content (AvgIpc) is 2.29. The fourth-order valence-corrected chi connectivity index (χ4v) is 2.23. The zero-order valence-corrected chi connectivity index (χ0v) is 11.1. The standard InChI is InChI=1S/C13H27NO2/c1-4-13(2)11-12(7-10-16-13)14-8-5-6-9-15-3/h12,14H,4-11H2,1-3H3. The van der Waals surface area contributed by atoms with Gasteiger partial charge >= 0.3 is 0 Å². The molecular weight excluding hydrogens is 202 g/mol. The minimum absolute atomic E-state index is 0.0996. The molecule has 16 heavy (non-hydrogen) atoms. The molecule has 1 aliphatic heterocycles. The Hall–Kier alpha value is -0.120. The van der Waals surface area contributed by atoms with Gasteiger partial charge in [-0.25, -0.2) is 0 Å². The molecule has 1 fully saturated rings. The van der Waals surface area contributed by atoms with Crippen molar-refractivity contribution in [3.63, 3.8) is 0 Å². The molecule has 0 aromatic rings. The summed E-state index contributed by atoms with van der Waals surface area (Å²) in [5, 5.41) is 3.63. The Morgan fingerprint density at radius 2 is 2.25 bits per heavy atom. The molecule has 1 aliphatic rings. The Balaban J connectivity index is 2.12. The van der Waals surface area contributed by atoms with Gasteiger partial charge in [0.1, 0.15) is 0 Å². The van der Waals surface area contributed by atoms with Crippen LogP contribution in [0.25, 0.3) is 0 Å². The molecule has 0 bridgehead atoms. The summed E-state index contributed by atoms with van der Waals surface area (Å²) in [6, 6.07) is 0.640. The zero-order chi connectivity index (χ0) is 11.9. The van der Waals surface area contributed by atoms with Crippen molar-refractivity contribution in [1.82, 2.24) is 5.32 Å². The first-order chi connectivity index (χ1) is 7.70. The molecule has 1 N–H and O–H groups in total. The monoisotopic (exact) mass is 229 g/mol. The van der Waals surface area contributed by atoms with Gasteiger partial charge in [-0.1, -0.05) is 6.92 Å². The van der Waals surface area contributed by atoms with Crippen LogP contribution in [0.5, 0.6) is 0 Å². The van der Waals surface area contributed by atoms with Crippen molar-refractivity contribution in [1.29, 1.82) is 0 Å². The number of methoxy groups -OCH3 is 1. The number of rotatable bonds is 7. The third kappa shape index (κ3) is 4.81. The molecule has 96 valence electrons. The second kappa shape index (κ2) is 7.25. The molecular formula is C13H27NO2. The van der Waals surface area contributed by atoms with Crippen LogP contribution in [0.4, 0.5) is 0 Å². The van der Waals surface area contributed by atoms with Crippen molar-refractivity contribution >= 4 is 0 Å². The van der Waals surface area contributed by atoms with Crippen molar-refractivity contribution in [2.24, 2.45) is 0 Å². The molecule has 1 saturated heterocycles. The fourth-order valence-electron chi connectivity index (χ4n) is 2.23. The summed E-state index contributed by atoms with van der Waals surface area (Å²) in [7, 11) is 1.76. The van der Waals surface area contributed by atoms with Gasteiger partial charge in [-0.2, -0.15) is 0 Å². The van der Waals surface area contributed by atoms with E-state index in [1.807, 2.05) is 0 Å². The zero-order valence-electron chi connectivity index (χ0n) is 11.1. The van der Waals surface area contributed by atoms with E-state index in [4.69, 9.17) is 9.47 Å². The number of nitrogens with one attached hydrogen (secondary N) is 1. The van der Waals surface area contributed by atoms with Crippen LogP contribution in [-0.2, 0) is 9.47 Å². The van der Waals surface area contributed by atoms with Crippen molar-refractivity contribution in [3.05, 3.63) is 0 Å². The van der Waals surface area contributed by atoms with Crippen molar-refractivity contribution in [3.8, 4) is 0 Å². The van der Waals surface area contributed by atoms with Crippen LogP contribution in [0, 0.1) is 0 Å². The highest BCUT2D eigenvalue weighted by molar-refractivity contribution is 4.85. The second-order valence-corrected chi connectivity index (χ2v) is 5.00. The van der Waals surface area contributed by atoms with Crippen molar-refractivity contribution < 1.29 is 9.47 Å². The minimum Gasteiger partial charge on any atom is -0.385 e. The third-order valence-corrected chi connectivity index (χ3v) is 3.55. The van der Waals surface area contributed by atoms with Gasteiger partial charge in [0.25, 0.3) is 0 Å². The molecule has 0 aromatic carbocycles. The maximum atomic E-state index is 5.83. The van der Waals surface area contributed by atoms with Crippen LogP contribution in [-0.4, -0.2) is 38.5 Å². The lowest BCUT2D eigenvalue weighted by atomic mass is 9.90. The summed E-state index contributed by atoms with van der Waals surface area (Å²) in [6.07, 6.45) is 5.76. The van der Waals surface area contributed by atoms with Gasteiger partial charge in [0.15, 0.2) is 0 Å². The Morgan fingerprint density at radius 1 is 1.44 bits per heavy atom. The van der Waals surface area contributed by atoms with E-state index in [2.05, 4.69) is 19.2 Å². The highest BCUT2D eigenvalue weighted by Gasteiger charge is 2.30. The van der Waals surface area contributed by atoms with Crippen LogP contribution < -0.4 is 5.32 Å². The van der Waals surface area contributed by atoms with Gasteiger partial charge in [-0.05, 0) is 45.6 Å². The highest BCUT2D eigenvalue weighted by atomic mass is 16.5. The van der Waals surface area contributed by atoms with E-state index < -0.39 is 0 Å². The molecule has 1 heterocycles. The summed E-state index contributed by atoms with van der Waals surface area (Å²) in [5.41, 5.74) is 0.0996. The molecule has 0 amide bonds. The van der Waals surface area contributed by atoms with Gasteiger partial charge in [-0.15, -0.1) is 0 Å². The predicted octanol–water partition coefficient (Wildman–Crippen LogP) is 2.35. The first kappa shape index (κ1) is 13.9. The molecule has 3 heteroatoms. The average molecular weight is 229 g/mol. The van der Waals surface area contributed by atoms with Gasteiger partial charge < -0.3 is 14.8 Å². The van der Waals surface area contributed by atoms with E-state index in [0.29, 0.717) is 6.04 Å². The quantitative estimate of drug-likeness (QED) is 0.680. The molecule has 0 radical (unpaired) electrons. The van der Waals surface area contributed by atoms with Crippen molar-refractivity contribution in [2.45, 2.75) is 57.6 Å². The molecule has 0 saturated carbocycles. The van der Waals surface area contributed by atoms with Gasteiger partial charge in [0.05, 0.1) is 5.60 Å². The van der Waals surface area contributed by atoms with E-state index in [1.165, 1.54) is 6.42 Å². The van der Waals surface area contributed by atoms with Crippen LogP contribution in [0.1, 0.15) is 46.0 Å². The number of hydrogen-bond donors (Lipinski definition) is 1. The summed E-state index contributed by atoms with van der Waals surface area (Å²) in [5.74, 6) is 0. The molecule has 1 rings (SSSR count). The SMILES string of the molecule is CCC1(C)CC(NCCCCOC)CCO1. The molecule has 0 aromatic heterocycles. The summed E-state index contributed by atoms with van der Waals surface area (Å²) >= 11 is 0. The largest absolute Gasteiger partial charge is 0.385 e. The Bertz CT molecular complexity index is 187. The Morgan fingerprint density at radius 3 is 2.94 bits per heavy atom. The maximum absolute atomic E-state index is 5.83. The molecule has 2 atom stereocenters. The Labute approximate surface area is 99.9 Å². The minimum atomic E-state index is 0.0996. The number of unbranched alkanes of at least 4 members (excludes halogenated alkanes) is 1. The van der Waals surface area contributed by atoms with Crippen LogP contribution in [0.15, 0.2) is 0 Å². The van der Waals surface area contributed by atoms with E-state index in [9.17, 15) is 0 Å². The normalized spacial score (nSPS) is 30.6. The summed E-state index contributed by atoms with van der Waals surface area (Å²) in [4.78, 5) is 0. The number of hydrogen-bond acceptors (Lipinski definition) is 3. The third-order valence-electron chi connectivity index (χ3n) is 3.55. The topological polar surface area (TPSA) is 30.5 Å². The highest BCUT2D eigenvalue weighted by Crippen LogP contribution is 2.27. The summed E-state index contributed by atoms with van der Waals surface area (Å²) in [6.45, 7) is 7.32. The van der Waals surface area contributed by atoms with Gasteiger partial charge in [-0.3, -0.25) is 0 Å². The Kier molecular flexibility index (Phi) is 6.32. The lowest BCUT2D eigenvalue weighted by molar-refractivity contribution is -0.0778. The van der Waals surface area contributed by atoms with E-state index >= 15 is 0 Å². The first-order valence-corrected chi connectivity index (χ1v) is 6.56. The van der Waals surface area contributed by atoms with E-state index in [-0.39, 0.29) is 5.60 Å². The first-order valence-electron chi connectivity index (χ1n) is 6.56. The lowest BCUT2D eigenvalue weighted by Gasteiger charge is -2.38. The van der Waals surface area contributed by atoms with E-state index in [1.54, 1.807) is 7.11 Å². The van der Waals surface area contributed by atoms with Crippen LogP contribution in [0.3, 0.4) is 0 Å². The predicted molar refractivity (Wildman–Crippen MR) is 66.8 cm³/mol. The molecule has 0 aliphatic carbocycles.